The van der Waals surface area contributed by atoms with Gasteiger partial charge in [0.2, 0.25) is 0 Å². The Kier molecular flexibility index (Phi) is 5.00. The first-order chi connectivity index (χ1) is 14.5. The highest BCUT2D eigenvalue weighted by molar-refractivity contribution is 6.33. The third kappa shape index (κ3) is 3.29. The largest absolute Gasteiger partial charge is 0.371 e. The first-order valence-electron chi connectivity index (χ1n) is 10.4. The molecular weight excluding hydrogens is 417 g/mol. The highest BCUT2D eigenvalue weighted by Crippen LogP contribution is 2.44. The second kappa shape index (κ2) is 7.56. The Labute approximate surface area is 187 Å². The van der Waals surface area contributed by atoms with Gasteiger partial charge in [-0.3, -0.25) is 14.5 Å². The summed E-state index contributed by atoms with van der Waals surface area (Å²) >= 11 is 12.6. The van der Waals surface area contributed by atoms with Gasteiger partial charge >= 0.3 is 0 Å². The lowest BCUT2D eigenvalue weighted by Crippen LogP contribution is -2.49. The van der Waals surface area contributed by atoms with E-state index in [1.54, 1.807) is 0 Å². The number of halogens is 2. The van der Waals surface area contributed by atoms with E-state index in [4.69, 9.17) is 28.2 Å². The number of anilines is 1. The summed E-state index contributed by atoms with van der Waals surface area (Å²) in [6.45, 7) is 7.14. The van der Waals surface area contributed by atoms with Crippen LogP contribution in [0.1, 0.15) is 49.7 Å². The molecule has 0 saturated carbocycles. The van der Waals surface area contributed by atoms with Crippen molar-refractivity contribution < 1.29 is 0 Å². The van der Waals surface area contributed by atoms with Crippen LogP contribution >= 0.6 is 23.2 Å². The predicted molar refractivity (Wildman–Crippen MR) is 122 cm³/mol. The van der Waals surface area contributed by atoms with Crippen LogP contribution in [0.5, 0.6) is 0 Å². The van der Waals surface area contributed by atoms with Crippen LogP contribution in [0.25, 0.3) is 5.69 Å². The standard InChI is InChI=1S/C23H25Cl2N5/c1-15(2)22-27-13-21-23(28-19-12-26-8-5-20(19)30(21)22)6-9-29(10-7-23)14-16-11-17(24)3-4-18(16)25/h3-5,8,11-13,15,28H,6-7,9-10,14H2,1-2H3. The van der Waals surface area contributed by atoms with Crippen LogP contribution in [-0.2, 0) is 12.1 Å². The molecule has 2 aliphatic heterocycles. The van der Waals surface area contributed by atoms with Crippen LogP contribution in [0.2, 0.25) is 10.0 Å². The molecular formula is C23H25Cl2N5. The van der Waals surface area contributed by atoms with E-state index in [0.717, 1.165) is 65.3 Å². The molecule has 5 rings (SSSR count). The zero-order chi connectivity index (χ0) is 20.9. The van der Waals surface area contributed by atoms with Gasteiger partial charge in [-0.25, -0.2) is 4.98 Å². The van der Waals surface area contributed by atoms with Gasteiger partial charge in [-0.2, -0.15) is 0 Å². The van der Waals surface area contributed by atoms with Gasteiger partial charge in [0.1, 0.15) is 5.82 Å². The number of aromatic nitrogens is 3. The summed E-state index contributed by atoms with van der Waals surface area (Å²) in [4.78, 5) is 11.6. The fraction of sp³-hybridized carbons (Fsp3) is 0.391. The molecule has 5 nitrogen and oxygen atoms in total. The van der Waals surface area contributed by atoms with E-state index in [-0.39, 0.29) is 5.54 Å². The molecule has 7 heteroatoms. The number of fused-ring (bicyclic) bond motifs is 4. The molecule has 0 radical (unpaired) electrons. The van der Waals surface area contributed by atoms with Crippen LogP contribution in [0, 0.1) is 0 Å². The summed E-state index contributed by atoms with van der Waals surface area (Å²) in [5.74, 6) is 1.45. The Balaban J connectivity index is 1.44. The SMILES string of the molecule is CC(C)c1ncc2n1-c1ccncc1NC21CCN(Cc2cc(Cl)ccc2Cl)CC1. The molecule has 2 aliphatic rings. The minimum Gasteiger partial charge on any atom is -0.371 e. The monoisotopic (exact) mass is 441 g/mol. The molecule has 1 fully saturated rings. The summed E-state index contributed by atoms with van der Waals surface area (Å²) in [6, 6.07) is 7.76. The molecule has 0 atom stereocenters. The quantitative estimate of drug-likeness (QED) is 0.573. The van der Waals surface area contributed by atoms with Crippen molar-refractivity contribution in [3.8, 4) is 5.69 Å². The van der Waals surface area contributed by atoms with E-state index in [0.29, 0.717) is 5.92 Å². The van der Waals surface area contributed by atoms with Crippen molar-refractivity contribution in [1.29, 1.82) is 0 Å². The second-order valence-corrected chi connectivity index (χ2v) is 9.45. The minimum atomic E-state index is -0.134. The number of nitrogens with one attached hydrogen (secondary N) is 1. The Bertz CT molecular complexity index is 1080. The van der Waals surface area contributed by atoms with Crippen molar-refractivity contribution in [2.45, 2.75) is 44.7 Å². The maximum Gasteiger partial charge on any atom is 0.116 e. The van der Waals surface area contributed by atoms with Crippen molar-refractivity contribution in [2.75, 3.05) is 18.4 Å². The average Bonchev–Trinajstić information content (AvgIpc) is 3.19. The van der Waals surface area contributed by atoms with Crippen molar-refractivity contribution in [3.05, 3.63) is 70.0 Å². The molecule has 0 amide bonds. The number of pyridine rings is 1. The molecule has 1 aromatic carbocycles. The average molecular weight is 442 g/mol. The van der Waals surface area contributed by atoms with Crippen LogP contribution < -0.4 is 5.32 Å². The Morgan fingerprint density at radius 1 is 1.13 bits per heavy atom. The number of hydrogen-bond acceptors (Lipinski definition) is 4. The smallest absolute Gasteiger partial charge is 0.116 e. The van der Waals surface area contributed by atoms with Crippen LogP contribution in [0.15, 0.2) is 42.9 Å². The molecule has 4 heterocycles. The highest BCUT2D eigenvalue weighted by Gasteiger charge is 2.43. The lowest BCUT2D eigenvalue weighted by atomic mass is 9.82. The van der Waals surface area contributed by atoms with Gasteiger partial charge in [0.25, 0.3) is 0 Å². The van der Waals surface area contributed by atoms with Crippen LogP contribution in [0.4, 0.5) is 5.69 Å². The Morgan fingerprint density at radius 3 is 2.70 bits per heavy atom. The zero-order valence-electron chi connectivity index (χ0n) is 17.2. The van der Waals surface area contributed by atoms with E-state index < -0.39 is 0 Å². The molecule has 156 valence electrons. The number of piperidine rings is 1. The molecule has 3 aromatic rings. The van der Waals surface area contributed by atoms with E-state index in [1.165, 1.54) is 5.69 Å². The summed E-state index contributed by atoms with van der Waals surface area (Å²) < 4.78 is 2.35. The van der Waals surface area contributed by atoms with E-state index in [9.17, 15) is 0 Å². The fourth-order valence-corrected chi connectivity index (χ4v) is 5.12. The van der Waals surface area contributed by atoms with Gasteiger partial charge in [-0.05, 0) is 42.7 Å². The molecule has 1 saturated heterocycles. The van der Waals surface area contributed by atoms with Gasteiger partial charge < -0.3 is 5.32 Å². The third-order valence-electron chi connectivity index (χ3n) is 6.32. The maximum atomic E-state index is 6.40. The van der Waals surface area contributed by atoms with Gasteiger partial charge in [-0.1, -0.05) is 37.0 Å². The summed E-state index contributed by atoms with van der Waals surface area (Å²) in [5, 5.41) is 5.33. The highest BCUT2D eigenvalue weighted by atomic mass is 35.5. The second-order valence-electron chi connectivity index (χ2n) is 8.60. The molecule has 0 aliphatic carbocycles. The maximum absolute atomic E-state index is 6.40. The number of imidazole rings is 1. The normalized spacial score (nSPS) is 17.6. The molecule has 1 N–H and O–H groups in total. The van der Waals surface area contributed by atoms with E-state index >= 15 is 0 Å². The van der Waals surface area contributed by atoms with Crippen LogP contribution in [0.3, 0.4) is 0 Å². The lowest BCUT2D eigenvalue weighted by molar-refractivity contribution is 0.162. The summed E-state index contributed by atoms with van der Waals surface area (Å²) in [5.41, 5.74) is 4.42. The van der Waals surface area contributed by atoms with Crippen molar-refractivity contribution in [3.63, 3.8) is 0 Å². The topological polar surface area (TPSA) is 46.0 Å². The van der Waals surface area contributed by atoms with E-state index in [2.05, 4.69) is 45.9 Å². The van der Waals surface area contributed by atoms with Crippen LogP contribution in [-0.4, -0.2) is 32.5 Å². The van der Waals surface area contributed by atoms with Crippen molar-refractivity contribution in [1.82, 2.24) is 19.4 Å². The predicted octanol–water partition coefficient (Wildman–Crippen LogP) is 5.61. The number of likely N-dealkylation sites (tertiary alicyclic amines) is 1. The molecule has 0 bridgehead atoms. The molecule has 2 aromatic heterocycles. The Hall–Kier alpha value is -2.08. The molecule has 0 unspecified atom stereocenters. The van der Waals surface area contributed by atoms with Gasteiger partial charge in [-0.15, -0.1) is 0 Å². The number of rotatable bonds is 3. The number of nitrogens with zero attached hydrogens (tertiary/aromatic N) is 4. The fourth-order valence-electron chi connectivity index (χ4n) is 4.74. The zero-order valence-corrected chi connectivity index (χ0v) is 18.7. The first-order valence-corrected chi connectivity index (χ1v) is 11.2. The molecule has 1 spiro atoms. The van der Waals surface area contributed by atoms with Crippen molar-refractivity contribution >= 4 is 28.9 Å². The van der Waals surface area contributed by atoms with Gasteiger partial charge in [0.15, 0.2) is 0 Å². The van der Waals surface area contributed by atoms with Gasteiger partial charge in [0.05, 0.1) is 35.0 Å². The summed E-state index contributed by atoms with van der Waals surface area (Å²) in [7, 11) is 0. The molecule has 30 heavy (non-hydrogen) atoms. The number of hydrogen-bond donors (Lipinski definition) is 1. The Morgan fingerprint density at radius 2 is 1.93 bits per heavy atom. The van der Waals surface area contributed by atoms with Crippen molar-refractivity contribution in [2.24, 2.45) is 0 Å². The first kappa shape index (κ1) is 19.9. The summed E-state index contributed by atoms with van der Waals surface area (Å²) in [6.07, 6.45) is 7.83. The third-order valence-corrected chi connectivity index (χ3v) is 6.92. The minimum absolute atomic E-state index is 0.134. The van der Waals surface area contributed by atoms with E-state index in [1.807, 2.05) is 30.6 Å². The van der Waals surface area contributed by atoms with Gasteiger partial charge in [0, 0.05) is 41.8 Å². The lowest BCUT2D eigenvalue weighted by Gasteiger charge is -2.46. The number of benzene rings is 1.